The van der Waals surface area contributed by atoms with Crippen LogP contribution < -0.4 is 9.80 Å². The Bertz CT molecular complexity index is 923. The second-order valence-corrected chi connectivity index (χ2v) is 7.84. The first-order chi connectivity index (χ1) is 13.7. The summed E-state index contributed by atoms with van der Waals surface area (Å²) in [5.41, 5.74) is 3.40. The predicted molar refractivity (Wildman–Crippen MR) is 117 cm³/mol. The summed E-state index contributed by atoms with van der Waals surface area (Å²) in [5, 5.41) is 0. The van der Waals surface area contributed by atoms with Gasteiger partial charge in [-0.05, 0) is 33.1 Å². The molecule has 0 saturated carbocycles. The van der Waals surface area contributed by atoms with Crippen molar-refractivity contribution in [1.29, 1.82) is 0 Å². The Morgan fingerprint density at radius 3 is 2.25 bits per heavy atom. The first-order valence-corrected chi connectivity index (χ1v) is 10.3. The molecule has 2 aromatic carbocycles. The van der Waals surface area contributed by atoms with Crippen molar-refractivity contribution in [2.24, 2.45) is 0 Å². The molecule has 0 atom stereocenters. The Labute approximate surface area is 173 Å². The lowest BCUT2D eigenvalue weighted by molar-refractivity contribution is -0.117. The second-order valence-electron chi connectivity index (χ2n) is 6.92. The molecule has 1 aliphatic heterocycles. The highest BCUT2D eigenvalue weighted by Crippen LogP contribution is 2.42. The Hall–Kier alpha value is -2.66. The van der Waals surface area contributed by atoms with E-state index in [1.807, 2.05) is 25.3 Å². The van der Waals surface area contributed by atoms with Crippen LogP contribution in [0.4, 0.5) is 11.5 Å². The van der Waals surface area contributed by atoms with Crippen molar-refractivity contribution in [2.45, 2.75) is 19.4 Å². The van der Waals surface area contributed by atoms with Gasteiger partial charge in [-0.2, -0.15) is 0 Å². The summed E-state index contributed by atoms with van der Waals surface area (Å²) < 4.78 is 0.915. The molecule has 0 saturated heterocycles. The monoisotopic (exact) mass is 435 g/mol. The van der Waals surface area contributed by atoms with E-state index in [4.69, 9.17) is 4.98 Å². The Balaban J connectivity index is 1.80. The third-order valence-electron chi connectivity index (χ3n) is 5.05. The van der Waals surface area contributed by atoms with Gasteiger partial charge in [-0.25, -0.2) is 4.98 Å². The molecule has 1 aromatic heterocycles. The van der Waals surface area contributed by atoms with Crippen molar-refractivity contribution in [2.75, 3.05) is 23.0 Å². The summed E-state index contributed by atoms with van der Waals surface area (Å²) in [6.07, 6.45) is 2.36. The van der Waals surface area contributed by atoms with Gasteiger partial charge in [0.15, 0.2) is 11.6 Å². The van der Waals surface area contributed by atoms with Crippen molar-refractivity contribution in [3.05, 3.63) is 88.5 Å². The molecule has 4 nitrogen and oxygen atoms in total. The van der Waals surface area contributed by atoms with E-state index in [2.05, 4.69) is 80.3 Å². The molecule has 0 N–H and O–H groups in total. The molecule has 28 heavy (non-hydrogen) atoms. The van der Waals surface area contributed by atoms with E-state index >= 15 is 0 Å². The SMILES string of the molecule is CCC(=O)CN1CN(C(c2ccccc2)c2ccccc2)c2ncc(Br)cc21. The number of carbonyl (C=O) groups is 1. The molecule has 0 amide bonds. The molecule has 0 fully saturated rings. The van der Waals surface area contributed by atoms with Gasteiger partial charge in [-0.1, -0.05) is 67.6 Å². The molecule has 0 unspecified atom stereocenters. The lowest BCUT2D eigenvalue weighted by atomic mass is 9.97. The predicted octanol–water partition coefficient (Wildman–Crippen LogP) is 5.20. The van der Waals surface area contributed by atoms with Crippen LogP contribution in [0.25, 0.3) is 0 Å². The standard InChI is InChI=1S/C23H22BrN3O/c1-2-20(28)15-26-16-27(23-21(26)13-19(24)14-25-23)22(17-9-5-3-6-10-17)18-11-7-4-8-12-18/h3-14,22H,2,15-16H2,1H3. The van der Waals surface area contributed by atoms with Crippen LogP contribution in [0.1, 0.15) is 30.5 Å². The minimum absolute atomic E-state index is 0.0246. The van der Waals surface area contributed by atoms with Crippen molar-refractivity contribution >= 4 is 33.2 Å². The molecule has 1 aliphatic rings. The largest absolute Gasteiger partial charge is 0.343 e. The van der Waals surface area contributed by atoms with Gasteiger partial charge in [-0.3, -0.25) is 4.79 Å². The van der Waals surface area contributed by atoms with E-state index < -0.39 is 0 Å². The van der Waals surface area contributed by atoms with E-state index in [1.165, 1.54) is 11.1 Å². The number of Topliss-reactive ketones (excluding diaryl/α,β-unsaturated/α-hetero) is 1. The third kappa shape index (κ3) is 3.67. The highest BCUT2D eigenvalue weighted by Gasteiger charge is 2.34. The first-order valence-electron chi connectivity index (χ1n) is 9.46. The minimum Gasteiger partial charge on any atom is -0.343 e. The molecule has 142 valence electrons. The molecule has 0 radical (unpaired) electrons. The number of halogens is 1. The van der Waals surface area contributed by atoms with Gasteiger partial charge < -0.3 is 9.80 Å². The van der Waals surface area contributed by atoms with Crippen LogP contribution in [0.5, 0.6) is 0 Å². The van der Waals surface area contributed by atoms with Crippen molar-refractivity contribution in [3.63, 3.8) is 0 Å². The lowest BCUT2D eigenvalue weighted by Crippen LogP contribution is -2.37. The smallest absolute Gasteiger partial charge is 0.154 e. The number of hydrogen-bond acceptors (Lipinski definition) is 4. The van der Waals surface area contributed by atoms with Crippen LogP contribution in [-0.2, 0) is 4.79 Å². The highest BCUT2D eigenvalue weighted by atomic mass is 79.9. The maximum Gasteiger partial charge on any atom is 0.154 e. The molecule has 0 aliphatic carbocycles. The van der Waals surface area contributed by atoms with Gasteiger partial charge in [0.25, 0.3) is 0 Å². The minimum atomic E-state index is 0.0246. The van der Waals surface area contributed by atoms with Gasteiger partial charge in [0.05, 0.1) is 24.9 Å². The Morgan fingerprint density at radius 1 is 1.07 bits per heavy atom. The third-order valence-corrected chi connectivity index (χ3v) is 5.49. The summed E-state index contributed by atoms with van der Waals surface area (Å²) in [4.78, 5) is 21.3. The number of pyridine rings is 1. The second kappa shape index (κ2) is 8.15. The van der Waals surface area contributed by atoms with Gasteiger partial charge in [-0.15, -0.1) is 0 Å². The molecule has 5 heteroatoms. The summed E-state index contributed by atoms with van der Waals surface area (Å²) in [6.45, 7) is 2.93. The van der Waals surface area contributed by atoms with E-state index in [-0.39, 0.29) is 11.8 Å². The quantitative estimate of drug-likeness (QED) is 0.533. The average molecular weight is 436 g/mol. The van der Waals surface area contributed by atoms with Crippen LogP contribution in [0.15, 0.2) is 77.4 Å². The van der Waals surface area contributed by atoms with Gasteiger partial charge in [0.2, 0.25) is 0 Å². The Kier molecular flexibility index (Phi) is 5.44. The van der Waals surface area contributed by atoms with E-state index in [0.717, 1.165) is 16.0 Å². The molecule has 4 rings (SSSR count). The summed E-state index contributed by atoms with van der Waals surface area (Å²) in [7, 11) is 0. The van der Waals surface area contributed by atoms with Gasteiger partial charge in [0, 0.05) is 17.1 Å². The zero-order valence-corrected chi connectivity index (χ0v) is 17.3. The molecular formula is C23H22BrN3O. The van der Waals surface area contributed by atoms with Crippen LogP contribution >= 0.6 is 15.9 Å². The maximum atomic E-state index is 12.2. The summed E-state index contributed by atoms with van der Waals surface area (Å²) >= 11 is 3.53. The molecule has 3 aromatic rings. The number of rotatable bonds is 6. The Morgan fingerprint density at radius 2 is 1.68 bits per heavy atom. The highest BCUT2D eigenvalue weighted by molar-refractivity contribution is 9.10. The number of benzene rings is 2. The van der Waals surface area contributed by atoms with E-state index in [1.54, 1.807) is 0 Å². The van der Waals surface area contributed by atoms with Crippen LogP contribution in [-0.4, -0.2) is 24.0 Å². The van der Waals surface area contributed by atoms with Crippen LogP contribution in [0.3, 0.4) is 0 Å². The number of nitrogens with zero attached hydrogens (tertiary/aromatic N) is 3. The number of anilines is 2. The number of fused-ring (bicyclic) bond motifs is 1. The van der Waals surface area contributed by atoms with Crippen molar-refractivity contribution in [1.82, 2.24) is 4.98 Å². The molecule has 0 bridgehead atoms. The van der Waals surface area contributed by atoms with Crippen LogP contribution in [0.2, 0.25) is 0 Å². The number of ketones is 1. The molecule has 2 heterocycles. The fourth-order valence-corrected chi connectivity index (χ4v) is 4.01. The zero-order chi connectivity index (χ0) is 19.5. The fourth-order valence-electron chi connectivity index (χ4n) is 3.69. The van der Waals surface area contributed by atoms with Gasteiger partial charge >= 0.3 is 0 Å². The summed E-state index contributed by atoms with van der Waals surface area (Å²) in [6, 6.07) is 23.0. The van der Waals surface area contributed by atoms with Gasteiger partial charge in [0.1, 0.15) is 0 Å². The number of carbonyl (C=O) groups excluding carboxylic acids is 1. The zero-order valence-electron chi connectivity index (χ0n) is 15.8. The summed E-state index contributed by atoms with van der Waals surface area (Å²) in [5.74, 6) is 1.13. The first kappa shape index (κ1) is 18.7. The van der Waals surface area contributed by atoms with Crippen LogP contribution in [0, 0.1) is 0 Å². The van der Waals surface area contributed by atoms with E-state index in [0.29, 0.717) is 19.6 Å². The van der Waals surface area contributed by atoms with Crippen molar-refractivity contribution in [3.8, 4) is 0 Å². The average Bonchev–Trinajstić information content (AvgIpc) is 3.07. The maximum absolute atomic E-state index is 12.2. The lowest BCUT2D eigenvalue weighted by Gasteiger charge is -2.30. The fraction of sp³-hybridized carbons (Fsp3) is 0.217. The number of aromatic nitrogens is 1. The number of hydrogen-bond donors (Lipinski definition) is 0. The molecular weight excluding hydrogens is 414 g/mol. The van der Waals surface area contributed by atoms with Crippen molar-refractivity contribution < 1.29 is 4.79 Å². The van der Waals surface area contributed by atoms with E-state index in [9.17, 15) is 4.79 Å². The molecule has 0 spiro atoms. The normalized spacial score (nSPS) is 13.1. The topological polar surface area (TPSA) is 36.4 Å².